The van der Waals surface area contributed by atoms with Crippen molar-refractivity contribution in [3.8, 4) is 5.75 Å². The minimum atomic E-state index is -0.432. The molecule has 1 aromatic heterocycles. The largest absolute Gasteiger partial charge is 0.505 e. The number of aromatic nitrogens is 1. The van der Waals surface area contributed by atoms with Gasteiger partial charge in [0.05, 0.1) is 6.61 Å². The molecule has 1 N–H and O–H groups in total. The van der Waals surface area contributed by atoms with Gasteiger partial charge < -0.3 is 14.4 Å². The Bertz CT molecular complexity index is 368. The van der Waals surface area contributed by atoms with E-state index in [2.05, 4.69) is 0 Å². The van der Waals surface area contributed by atoms with E-state index in [0.29, 0.717) is 12.3 Å². The molecule has 4 nitrogen and oxygen atoms in total. The number of nitrogens with zero attached hydrogens (tertiary/aromatic N) is 1. The van der Waals surface area contributed by atoms with E-state index in [9.17, 15) is 9.90 Å². The summed E-state index contributed by atoms with van der Waals surface area (Å²) in [5.41, 5.74) is 1.32. The van der Waals surface area contributed by atoms with Crippen LogP contribution in [0.5, 0.6) is 5.75 Å². The van der Waals surface area contributed by atoms with Gasteiger partial charge >= 0.3 is 5.97 Å². The number of ether oxygens (including phenoxy) is 1. The first-order valence-corrected chi connectivity index (χ1v) is 4.82. The quantitative estimate of drug-likeness (QED) is 0.724. The number of aryl methyl sites for hydroxylation is 1. The van der Waals surface area contributed by atoms with Crippen LogP contribution < -0.4 is 0 Å². The molecule has 0 aliphatic carbocycles. The highest BCUT2D eigenvalue weighted by molar-refractivity contribution is 5.91. The van der Waals surface area contributed by atoms with Crippen LogP contribution in [0.4, 0.5) is 0 Å². The van der Waals surface area contributed by atoms with Gasteiger partial charge in [0, 0.05) is 18.3 Å². The van der Waals surface area contributed by atoms with Crippen molar-refractivity contribution < 1.29 is 14.6 Å². The number of hydrogen-bond donors (Lipinski definition) is 1. The lowest BCUT2D eigenvalue weighted by atomic mass is 10.3. The fourth-order valence-corrected chi connectivity index (χ4v) is 1.88. The Hall–Kier alpha value is -1.45. The number of aromatic hydroxyl groups is 1. The molecular formula is C10H13NO3. The molecule has 0 saturated carbocycles. The van der Waals surface area contributed by atoms with Crippen LogP contribution in [0.25, 0.3) is 0 Å². The van der Waals surface area contributed by atoms with Crippen molar-refractivity contribution in [3.05, 3.63) is 17.5 Å². The van der Waals surface area contributed by atoms with Crippen LogP contribution in [0.2, 0.25) is 0 Å². The number of carbonyl (C=O) groups excluding carboxylic acids is 1. The van der Waals surface area contributed by atoms with Gasteiger partial charge in [-0.15, -0.1) is 0 Å². The maximum atomic E-state index is 11.5. The molecule has 1 aliphatic rings. The Morgan fingerprint density at radius 3 is 3.21 bits per heavy atom. The molecule has 0 fully saturated rings. The van der Waals surface area contributed by atoms with Crippen LogP contribution in [0.1, 0.15) is 29.5 Å². The van der Waals surface area contributed by atoms with Crippen molar-refractivity contribution in [2.24, 2.45) is 0 Å². The lowest BCUT2D eigenvalue weighted by Gasteiger charge is -2.05. The maximum absolute atomic E-state index is 11.5. The second kappa shape index (κ2) is 3.36. The molecule has 1 aliphatic heterocycles. The Balaban J connectivity index is 2.37. The molecule has 0 atom stereocenters. The Labute approximate surface area is 82.1 Å². The third-order valence-corrected chi connectivity index (χ3v) is 2.45. The summed E-state index contributed by atoms with van der Waals surface area (Å²) in [5.74, 6) is -0.392. The number of esters is 1. The van der Waals surface area contributed by atoms with Crippen LogP contribution >= 0.6 is 0 Å². The Morgan fingerprint density at radius 1 is 1.71 bits per heavy atom. The summed E-state index contributed by atoms with van der Waals surface area (Å²) in [5, 5.41) is 9.55. The molecule has 2 rings (SSSR count). The molecule has 14 heavy (non-hydrogen) atoms. The van der Waals surface area contributed by atoms with Crippen molar-refractivity contribution >= 4 is 5.97 Å². The van der Waals surface area contributed by atoms with Crippen molar-refractivity contribution in [1.29, 1.82) is 0 Å². The first-order valence-electron chi connectivity index (χ1n) is 4.82. The molecule has 0 saturated heterocycles. The van der Waals surface area contributed by atoms with Crippen molar-refractivity contribution in [2.75, 3.05) is 6.61 Å². The summed E-state index contributed by atoms with van der Waals surface area (Å²) in [6.45, 7) is 2.88. The predicted octanol–water partition coefficient (Wildman–Crippen LogP) is 1.32. The molecule has 76 valence electrons. The van der Waals surface area contributed by atoms with E-state index in [1.165, 1.54) is 0 Å². The van der Waals surface area contributed by atoms with Gasteiger partial charge in [0.1, 0.15) is 5.75 Å². The molecule has 0 amide bonds. The van der Waals surface area contributed by atoms with E-state index in [-0.39, 0.29) is 5.75 Å². The minimum absolute atomic E-state index is 0.0400. The van der Waals surface area contributed by atoms with Gasteiger partial charge in [0.2, 0.25) is 0 Å². The summed E-state index contributed by atoms with van der Waals surface area (Å²) in [4.78, 5) is 11.5. The maximum Gasteiger partial charge on any atom is 0.358 e. The molecule has 0 bridgehead atoms. The first-order chi connectivity index (χ1) is 6.74. The van der Waals surface area contributed by atoms with E-state index in [4.69, 9.17) is 4.74 Å². The van der Waals surface area contributed by atoms with Crippen LogP contribution in [-0.4, -0.2) is 22.2 Å². The molecule has 2 heterocycles. The SMILES string of the molecule is CCOC(=O)c1c(O)cc2n1CCC2. The van der Waals surface area contributed by atoms with Crippen LogP contribution in [0, 0.1) is 0 Å². The number of carbonyl (C=O) groups is 1. The molecule has 0 unspecified atom stereocenters. The molecule has 0 radical (unpaired) electrons. The van der Waals surface area contributed by atoms with Gasteiger partial charge in [0.25, 0.3) is 0 Å². The molecule has 1 aromatic rings. The first kappa shape index (κ1) is 9.12. The summed E-state index contributed by atoms with van der Waals surface area (Å²) >= 11 is 0. The van der Waals surface area contributed by atoms with E-state index in [1.807, 2.05) is 4.57 Å². The van der Waals surface area contributed by atoms with Crippen molar-refractivity contribution in [2.45, 2.75) is 26.3 Å². The third kappa shape index (κ3) is 1.27. The minimum Gasteiger partial charge on any atom is -0.505 e. The van der Waals surface area contributed by atoms with Gasteiger partial charge in [0.15, 0.2) is 5.69 Å². The highest BCUT2D eigenvalue weighted by atomic mass is 16.5. The normalized spacial score (nSPS) is 14.1. The number of fused-ring (bicyclic) bond motifs is 1. The standard InChI is InChI=1S/C10H13NO3/c1-2-14-10(13)9-8(12)6-7-4-3-5-11(7)9/h6,12H,2-5H2,1H3. The lowest BCUT2D eigenvalue weighted by molar-refractivity contribution is 0.0510. The van der Waals surface area contributed by atoms with Gasteiger partial charge in [-0.3, -0.25) is 0 Å². The second-order valence-corrected chi connectivity index (χ2v) is 3.35. The Morgan fingerprint density at radius 2 is 2.50 bits per heavy atom. The third-order valence-electron chi connectivity index (χ3n) is 2.45. The predicted molar refractivity (Wildman–Crippen MR) is 50.4 cm³/mol. The van der Waals surface area contributed by atoms with Gasteiger partial charge in [-0.1, -0.05) is 0 Å². The summed E-state index contributed by atoms with van der Waals surface area (Å²) in [7, 11) is 0. The van der Waals surface area contributed by atoms with Crippen LogP contribution in [-0.2, 0) is 17.7 Å². The molecule has 0 spiro atoms. The topological polar surface area (TPSA) is 51.5 Å². The summed E-state index contributed by atoms with van der Waals surface area (Å²) in [6.07, 6.45) is 1.95. The zero-order valence-electron chi connectivity index (χ0n) is 8.12. The van der Waals surface area contributed by atoms with Crippen LogP contribution in [0.15, 0.2) is 6.07 Å². The zero-order chi connectivity index (χ0) is 10.1. The van der Waals surface area contributed by atoms with Crippen LogP contribution in [0.3, 0.4) is 0 Å². The zero-order valence-corrected chi connectivity index (χ0v) is 8.12. The van der Waals surface area contributed by atoms with Crippen molar-refractivity contribution in [1.82, 2.24) is 4.57 Å². The second-order valence-electron chi connectivity index (χ2n) is 3.35. The molecular weight excluding hydrogens is 182 g/mol. The highest BCUT2D eigenvalue weighted by Crippen LogP contribution is 2.28. The smallest absolute Gasteiger partial charge is 0.358 e. The Kier molecular flexibility index (Phi) is 2.19. The van der Waals surface area contributed by atoms with Gasteiger partial charge in [-0.05, 0) is 19.8 Å². The van der Waals surface area contributed by atoms with Gasteiger partial charge in [-0.25, -0.2) is 4.79 Å². The van der Waals surface area contributed by atoms with E-state index in [1.54, 1.807) is 13.0 Å². The molecule has 0 aromatic carbocycles. The lowest BCUT2D eigenvalue weighted by Crippen LogP contribution is -2.11. The molecule has 4 heteroatoms. The average Bonchev–Trinajstić information content (AvgIpc) is 2.63. The fourth-order valence-electron chi connectivity index (χ4n) is 1.88. The summed E-state index contributed by atoms with van der Waals surface area (Å²) < 4.78 is 6.71. The number of hydrogen-bond acceptors (Lipinski definition) is 3. The average molecular weight is 195 g/mol. The van der Waals surface area contributed by atoms with Gasteiger partial charge in [-0.2, -0.15) is 0 Å². The highest BCUT2D eigenvalue weighted by Gasteiger charge is 2.24. The van der Waals surface area contributed by atoms with E-state index < -0.39 is 5.97 Å². The van der Waals surface area contributed by atoms with E-state index in [0.717, 1.165) is 25.1 Å². The van der Waals surface area contributed by atoms with E-state index >= 15 is 0 Å². The number of rotatable bonds is 2. The monoisotopic (exact) mass is 195 g/mol. The van der Waals surface area contributed by atoms with Crippen molar-refractivity contribution in [3.63, 3.8) is 0 Å². The summed E-state index contributed by atoms with van der Waals surface area (Å²) in [6, 6.07) is 1.65. The fraction of sp³-hybridized carbons (Fsp3) is 0.500.